The van der Waals surface area contributed by atoms with Gasteiger partial charge in [0.1, 0.15) is 5.25 Å². The number of carbonyl (C=O) groups is 1. The quantitative estimate of drug-likeness (QED) is 0.854. The summed E-state index contributed by atoms with van der Waals surface area (Å²) in [5, 5.41) is 1.67. The molecule has 0 heterocycles. The number of nitrogens with zero attached hydrogens (tertiary/aromatic N) is 1. The van der Waals surface area contributed by atoms with Crippen LogP contribution < -0.4 is 10.2 Å². The van der Waals surface area contributed by atoms with Crippen LogP contribution >= 0.6 is 0 Å². The molecule has 1 fully saturated rings. The highest BCUT2D eigenvalue weighted by atomic mass is 32.2. The van der Waals surface area contributed by atoms with E-state index < -0.39 is 21.0 Å². The van der Waals surface area contributed by atoms with Crippen LogP contribution in [0.15, 0.2) is 24.3 Å². The normalized spacial score (nSPS) is 17.3. The summed E-state index contributed by atoms with van der Waals surface area (Å²) in [7, 11) is -1.22. The summed E-state index contributed by atoms with van der Waals surface area (Å²) in [4.78, 5) is 14.2. The molecule has 1 aromatic rings. The van der Waals surface area contributed by atoms with Crippen molar-refractivity contribution in [2.45, 2.75) is 56.9 Å². The minimum atomic E-state index is -3.36. The number of nitrogens with one attached hydrogen (secondary N) is 1. The van der Waals surface area contributed by atoms with Crippen LogP contribution in [0.1, 0.15) is 44.6 Å². The molecule has 5 nitrogen and oxygen atoms in total. The van der Waals surface area contributed by atoms with E-state index in [9.17, 15) is 13.2 Å². The molecule has 0 unspecified atom stereocenters. The smallest absolute Gasteiger partial charge is 0.238 e. The molecule has 1 N–H and O–H groups in total. The van der Waals surface area contributed by atoms with Gasteiger partial charge >= 0.3 is 0 Å². The van der Waals surface area contributed by atoms with E-state index in [4.69, 9.17) is 0 Å². The fraction of sp³-hybridized carbons (Fsp3) is 0.611. The van der Waals surface area contributed by atoms with Crippen molar-refractivity contribution in [2.24, 2.45) is 0 Å². The van der Waals surface area contributed by atoms with Crippen molar-refractivity contribution in [3.8, 4) is 0 Å². The number of benzene rings is 1. The molecule has 134 valence electrons. The fourth-order valence-corrected chi connectivity index (χ4v) is 3.53. The Hall–Kier alpha value is -1.56. The first-order valence-electron chi connectivity index (χ1n) is 8.57. The Morgan fingerprint density at radius 3 is 2.33 bits per heavy atom. The Labute approximate surface area is 145 Å². The number of carbonyl (C=O) groups excluding carboxylic acids is 1. The van der Waals surface area contributed by atoms with Crippen LogP contribution in [0.4, 0.5) is 5.69 Å². The van der Waals surface area contributed by atoms with Crippen LogP contribution in [0.3, 0.4) is 0 Å². The van der Waals surface area contributed by atoms with Crippen LogP contribution in [0, 0.1) is 0 Å². The molecule has 1 atom stereocenters. The van der Waals surface area contributed by atoms with E-state index in [1.807, 2.05) is 12.1 Å². The zero-order chi connectivity index (χ0) is 17.7. The zero-order valence-electron chi connectivity index (χ0n) is 14.8. The molecule has 0 bridgehead atoms. The van der Waals surface area contributed by atoms with Crippen LogP contribution in [0.5, 0.6) is 0 Å². The van der Waals surface area contributed by atoms with E-state index in [1.165, 1.54) is 44.7 Å². The average Bonchev–Trinajstić information content (AvgIpc) is 2.58. The van der Waals surface area contributed by atoms with Gasteiger partial charge in [0.15, 0.2) is 9.84 Å². The van der Waals surface area contributed by atoms with Gasteiger partial charge in [0.25, 0.3) is 0 Å². The lowest BCUT2D eigenvalue weighted by Crippen LogP contribution is -2.37. The number of amides is 1. The highest BCUT2D eigenvalue weighted by Gasteiger charge is 2.23. The second-order valence-corrected chi connectivity index (χ2v) is 9.12. The summed E-state index contributed by atoms with van der Waals surface area (Å²) < 4.78 is 22.8. The first-order valence-corrected chi connectivity index (χ1v) is 10.5. The maximum absolute atomic E-state index is 11.8. The van der Waals surface area contributed by atoms with Crippen molar-refractivity contribution in [1.82, 2.24) is 5.32 Å². The van der Waals surface area contributed by atoms with Gasteiger partial charge < -0.3 is 10.2 Å². The summed E-state index contributed by atoms with van der Waals surface area (Å²) in [6.45, 7) is 1.75. The fourth-order valence-electron chi connectivity index (χ4n) is 3.06. The predicted molar refractivity (Wildman–Crippen MR) is 97.9 cm³/mol. The largest absolute Gasteiger partial charge is 0.372 e. The van der Waals surface area contributed by atoms with E-state index in [1.54, 1.807) is 0 Å². The van der Waals surface area contributed by atoms with E-state index in [0.717, 1.165) is 11.8 Å². The van der Waals surface area contributed by atoms with E-state index >= 15 is 0 Å². The summed E-state index contributed by atoms with van der Waals surface area (Å²) in [6, 6.07) is 8.71. The molecule has 0 radical (unpaired) electrons. The Balaban J connectivity index is 1.91. The highest BCUT2D eigenvalue weighted by molar-refractivity contribution is 7.92. The van der Waals surface area contributed by atoms with E-state index in [0.29, 0.717) is 12.6 Å². The number of anilines is 1. The highest BCUT2D eigenvalue weighted by Crippen LogP contribution is 2.26. The molecule has 1 aliphatic carbocycles. The molecule has 1 saturated carbocycles. The molecule has 0 spiro atoms. The molecule has 0 aromatic heterocycles. The Morgan fingerprint density at radius 2 is 1.79 bits per heavy atom. The van der Waals surface area contributed by atoms with Gasteiger partial charge in [0, 0.05) is 31.6 Å². The van der Waals surface area contributed by atoms with Crippen molar-refractivity contribution < 1.29 is 13.2 Å². The van der Waals surface area contributed by atoms with Gasteiger partial charge in [-0.25, -0.2) is 8.42 Å². The van der Waals surface area contributed by atoms with Crippen LogP contribution in [0.2, 0.25) is 0 Å². The molecular weight excluding hydrogens is 324 g/mol. The first-order chi connectivity index (χ1) is 11.3. The van der Waals surface area contributed by atoms with Crippen LogP contribution in [0.25, 0.3) is 0 Å². The number of hydrogen-bond donors (Lipinski definition) is 1. The van der Waals surface area contributed by atoms with Crippen molar-refractivity contribution in [3.63, 3.8) is 0 Å². The third kappa shape index (κ3) is 4.97. The second kappa shape index (κ2) is 8.01. The monoisotopic (exact) mass is 352 g/mol. The standard InChI is InChI=1S/C18H28N2O3S/c1-14(24(3,22)23)18(21)19-13-15-9-11-17(12-10-15)20(2)16-7-5-4-6-8-16/h9-12,14,16H,4-8,13H2,1-3H3,(H,19,21)/t14-/m1/s1. The topological polar surface area (TPSA) is 66.5 Å². The molecule has 6 heteroatoms. The Kier molecular flexibility index (Phi) is 6.27. The molecule has 0 saturated heterocycles. The first kappa shape index (κ1) is 18.8. The summed E-state index contributed by atoms with van der Waals surface area (Å²) in [5.41, 5.74) is 2.14. The van der Waals surface area contributed by atoms with E-state index in [2.05, 4.69) is 29.4 Å². The van der Waals surface area contributed by atoms with E-state index in [-0.39, 0.29) is 0 Å². The Bertz CT molecular complexity index is 649. The van der Waals surface area contributed by atoms with Gasteiger partial charge in [0.2, 0.25) is 5.91 Å². The van der Waals surface area contributed by atoms with Gasteiger partial charge in [-0.2, -0.15) is 0 Å². The number of hydrogen-bond acceptors (Lipinski definition) is 4. The summed E-state index contributed by atoms with van der Waals surface area (Å²) in [6.07, 6.45) is 7.52. The predicted octanol–water partition coefficient (Wildman–Crippen LogP) is 2.50. The van der Waals surface area contributed by atoms with Gasteiger partial charge in [-0.1, -0.05) is 31.4 Å². The van der Waals surface area contributed by atoms with Gasteiger partial charge in [-0.3, -0.25) is 4.79 Å². The lowest BCUT2D eigenvalue weighted by atomic mass is 9.94. The second-order valence-electron chi connectivity index (χ2n) is 6.76. The molecule has 1 aromatic carbocycles. The molecule has 0 aliphatic heterocycles. The SMILES string of the molecule is C[C@H](C(=O)NCc1ccc(N(C)C2CCCCC2)cc1)S(C)(=O)=O. The van der Waals surface area contributed by atoms with Crippen LogP contribution in [-0.4, -0.2) is 38.9 Å². The lowest BCUT2D eigenvalue weighted by Gasteiger charge is -2.33. The van der Waals surface area contributed by atoms with Crippen molar-refractivity contribution in [1.29, 1.82) is 0 Å². The Morgan fingerprint density at radius 1 is 1.21 bits per heavy atom. The maximum atomic E-state index is 11.8. The van der Waals surface area contributed by atoms with Crippen LogP contribution in [-0.2, 0) is 21.2 Å². The average molecular weight is 352 g/mol. The maximum Gasteiger partial charge on any atom is 0.238 e. The third-order valence-corrected chi connectivity index (χ3v) is 6.44. The number of rotatable bonds is 6. The third-order valence-electron chi connectivity index (χ3n) is 4.94. The molecule has 1 aliphatic rings. The molecule has 1 amide bonds. The minimum absolute atomic E-state index is 0.339. The van der Waals surface area contributed by atoms with Crippen molar-refractivity contribution >= 4 is 21.4 Å². The number of sulfone groups is 1. The minimum Gasteiger partial charge on any atom is -0.372 e. The van der Waals surface area contributed by atoms with Gasteiger partial charge in [-0.05, 0) is 37.5 Å². The van der Waals surface area contributed by atoms with Crippen molar-refractivity contribution in [2.75, 3.05) is 18.2 Å². The van der Waals surface area contributed by atoms with Gasteiger partial charge in [-0.15, -0.1) is 0 Å². The van der Waals surface area contributed by atoms with Crippen molar-refractivity contribution in [3.05, 3.63) is 29.8 Å². The lowest BCUT2D eigenvalue weighted by molar-refractivity contribution is -0.120. The molecule has 24 heavy (non-hydrogen) atoms. The molecule has 2 rings (SSSR count). The van der Waals surface area contributed by atoms with Gasteiger partial charge in [0.05, 0.1) is 0 Å². The molecular formula is C18H28N2O3S. The summed E-state index contributed by atoms with van der Waals surface area (Å²) in [5.74, 6) is -0.457. The summed E-state index contributed by atoms with van der Waals surface area (Å²) >= 11 is 0. The zero-order valence-corrected chi connectivity index (χ0v) is 15.6.